The fraction of sp³-hybridized carbons (Fsp3) is 0.0500. The lowest BCUT2D eigenvalue weighted by Gasteiger charge is -2.01. The van der Waals surface area contributed by atoms with Gasteiger partial charge in [0.1, 0.15) is 28.7 Å². The standard InChI is InChI=1S/C20H14N4O2/c1-12(17-10-13-6-2-4-8-15(13)25-17)23-24-20-19-18(21-11-22-20)14-7-3-5-9-16(14)26-19/h2-11H,1H3,(H,21,22,24)/b23-12-. The molecule has 0 unspecified atom stereocenters. The maximum Gasteiger partial charge on any atom is 0.197 e. The third-order valence-corrected chi connectivity index (χ3v) is 4.27. The molecule has 0 radical (unpaired) electrons. The smallest absolute Gasteiger partial charge is 0.197 e. The van der Waals surface area contributed by atoms with Crippen LogP contribution in [0.3, 0.4) is 0 Å². The maximum absolute atomic E-state index is 5.89. The topological polar surface area (TPSA) is 76.5 Å². The van der Waals surface area contributed by atoms with E-state index in [9.17, 15) is 0 Å². The van der Waals surface area contributed by atoms with Crippen molar-refractivity contribution in [1.29, 1.82) is 0 Å². The SMILES string of the molecule is C/C(=N/Nc1ncnc2c1oc1ccccc12)c1cc2ccccc2o1. The van der Waals surface area contributed by atoms with Crippen molar-refractivity contribution in [3.05, 3.63) is 66.7 Å². The van der Waals surface area contributed by atoms with E-state index in [4.69, 9.17) is 8.83 Å². The summed E-state index contributed by atoms with van der Waals surface area (Å²) in [6, 6.07) is 17.6. The second-order valence-electron chi connectivity index (χ2n) is 5.96. The molecule has 0 amide bonds. The molecule has 3 heterocycles. The third-order valence-electron chi connectivity index (χ3n) is 4.27. The molecule has 26 heavy (non-hydrogen) atoms. The Kier molecular flexibility index (Phi) is 3.21. The van der Waals surface area contributed by atoms with Crippen LogP contribution in [0.4, 0.5) is 5.82 Å². The van der Waals surface area contributed by atoms with Crippen LogP contribution in [0.2, 0.25) is 0 Å². The Labute approximate surface area is 148 Å². The van der Waals surface area contributed by atoms with E-state index in [1.807, 2.05) is 61.5 Å². The summed E-state index contributed by atoms with van der Waals surface area (Å²) in [6.07, 6.45) is 1.50. The Morgan fingerprint density at radius 2 is 1.77 bits per heavy atom. The van der Waals surface area contributed by atoms with Crippen molar-refractivity contribution in [3.8, 4) is 0 Å². The van der Waals surface area contributed by atoms with E-state index in [2.05, 4.69) is 20.5 Å². The molecular weight excluding hydrogens is 328 g/mol. The Hall–Kier alpha value is -3.67. The molecule has 6 heteroatoms. The molecule has 0 aliphatic heterocycles. The zero-order valence-electron chi connectivity index (χ0n) is 13.9. The van der Waals surface area contributed by atoms with Crippen LogP contribution in [0.5, 0.6) is 0 Å². The summed E-state index contributed by atoms with van der Waals surface area (Å²) in [7, 11) is 0. The quantitative estimate of drug-likeness (QED) is 0.370. The summed E-state index contributed by atoms with van der Waals surface area (Å²) in [5.41, 5.74) is 6.62. The normalized spacial score (nSPS) is 12.3. The van der Waals surface area contributed by atoms with Gasteiger partial charge in [-0.3, -0.25) is 5.43 Å². The van der Waals surface area contributed by atoms with Gasteiger partial charge in [-0.05, 0) is 31.2 Å². The maximum atomic E-state index is 5.89. The first-order valence-electron chi connectivity index (χ1n) is 8.21. The predicted octanol–water partition coefficient (Wildman–Crippen LogP) is 4.96. The highest BCUT2D eigenvalue weighted by atomic mass is 16.3. The minimum atomic E-state index is 0.515. The van der Waals surface area contributed by atoms with Gasteiger partial charge >= 0.3 is 0 Å². The zero-order valence-corrected chi connectivity index (χ0v) is 13.9. The molecule has 0 aliphatic carbocycles. The molecule has 5 rings (SSSR count). The van der Waals surface area contributed by atoms with Gasteiger partial charge in [0, 0.05) is 10.8 Å². The molecule has 1 N–H and O–H groups in total. The van der Waals surface area contributed by atoms with Gasteiger partial charge in [0.05, 0.1) is 0 Å². The molecule has 6 nitrogen and oxygen atoms in total. The lowest BCUT2D eigenvalue weighted by molar-refractivity contribution is 0.604. The van der Waals surface area contributed by atoms with E-state index < -0.39 is 0 Å². The van der Waals surface area contributed by atoms with Crippen molar-refractivity contribution >= 4 is 44.6 Å². The highest BCUT2D eigenvalue weighted by molar-refractivity contribution is 6.06. The van der Waals surface area contributed by atoms with E-state index in [-0.39, 0.29) is 0 Å². The van der Waals surface area contributed by atoms with Crippen LogP contribution in [-0.4, -0.2) is 15.7 Å². The first-order valence-corrected chi connectivity index (χ1v) is 8.21. The summed E-state index contributed by atoms with van der Waals surface area (Å²) >= 11 is 0. The van der Waals surface area contributed by atoms with Gasteiger partial charge in [-0.2, -0.15) is 5.10 Å². The van der Waals surface area contributed by atoms with Gasteiger partial charge in [-0.25, -0.2) is 9.97 Å². The number of hydrazone groups is 1. The van der Waals surface area contributed by atoms with Crippen LogP contribution >= 0.6 is 0 Å². The molecule has 0 fully saturated rings. The average molecular weight is 342 g/mol. The second-order valence-corrected chi connectivity index (χ2v) is 5.96. The Morgan fingerprint density at radius 3 is 2.65 bits per heavy atom. The van der Waals surface area contributed by atoms with Gasteiger partial charge in [-0.1, -0.05) is 30.3 Å². The van der Waals surface area contributed by atoms with Gasteiger partial charge < -0.3 is 8.83 Å². The van der Waals surface area contributed by atoms with Crippen LogP contribution in [0.25, 0.3) is 33.0 Å². The highest BCUT2D eigenvalue weighted by Gasteiger charge is 2.13. The first kappa shape index (κ1) is 14.7. The molecule has 0 spiro atoms. The largest absolute Gasteiger partial charge is 0.455 e. The van der Waals surface area contributed by atoms with E-state index in [1.54, 1.807) is 0 Å². The molecular formula is C20H14N4O2. The van der Waals surface area contributed by atoms with E-state index in [1.165, 1.54) is 6.33 Å². The molecule has 0 aliphatic rings. The fourth-order valence-corrected chi connectivity index (χ4v) is 2.96. The highest BCUT2D eigenvalue weighted by Crippen LogP contribution is 2.30. The summed E-state index contributed by atoms with van der Waals surface area (Å²) in [4.78, 5) is 8.59. The molecule has 2 aromatic carbocycles. The number of fused-ring (bicyclic) bond motifs is 4. The summed E-state index contributed by atoms with van der Waals surface area (Å²) in [6.45, 7) is 1.88. The summed E-state index contributed by atoms with van der Waals surface area (Å²) < 4.78 is 11.7. The number of aromatic nitrogens is 2. The van der Waals surface area contributed by atoms with Gasteiger partial charge in [-0.15, -0.1) is 0 Å². The van der Waals surface area contributed by atoms with Gasteiger partial charge in [0.25, 0.3) is 0 Å². The number of nitrogens with zero attached hydrogens (tertiary/aromatic N) is 3. The van der Waals surface area contributed by atoms with E-state index >= 15 is 0 Å². The van der Waals surface area contributed by atoms with Gasteiger partial charge in [0.15, 0.2) is 17.2 Å². The van der Waals surface area contributed by atoms with Gasteiger partial charge in [0.2, 0.25) is 0 Å². The fourth-order valence-electron chi connectivity index (χ4n) is 2.96. The number of furan rings is 2. The number of hydrogen-bond acceptors (Lipinski definition) is 6. The number of hydrogen-bond donors (Lipinski definition) is 1. The van der Waals surface area contributed by atoms with Crippen molar-refractivity contribution in [2.24, 2.45) is 5.10 Å². The minimum absolute atomic E-state index is 0.515. The van der Waals surface area contributed by atoms with Crippen molar-refractivity contribution in [3.63, 3.8) is 0 Å². The minimum Gasteiger partial charge on any atom is -0.455 e. The van der Waals surface area contributed by atoms with Crippen molar-refractivity contribution in [2.75, 3.05) is 5.43 Å². The Morgan fingerprint density at radius 1 is 0.962 bits per heavy atom. The summed E-state index contributed by atoms with van der Waals surface area (Å²) in [5, 5.41) is 6.39. The third kappa shape index (κ3) is 2.31. The molecule has 0 atom stereocenters. The lowest BCUT2D eigenvalue weighted by Crippen LogP contribution is -2.00. The van der Waals surface area contributed by atoms with Crippen LogP contribution < -0.4 is 5.43 Å². The molecule has 3 aromatic heterocycles. The number of anilines is 1. The number of rotatable bonds is 3. The van der Waals surface area contributed by atoms with Crippen LogP contribution in [-0.2, 0) is 0 Å². The first-order chi connectivity index (χ1) is 12.8. The second kappa shape index (κ2) is 5.70. The monoisotopic (exact) mass is 342 g/mol. The molecule has 0 saturated carbocycles. The van der Waals surface area contributed by atoms with Crippen LogP contribution in [0.15, 0.2) is 74.9 Å². The van der Waals surface area contributed by atoms with E-state index in [0.29, 0.717) is 22.9 Å². The van der Waals surface area contributed by atoms with Crippen molar-refractivity contribution < 1.29 is 8.83 Å². The Bertz CT molecular complexity index is 1250. The molecule has 126 valence electrons. The zero-order chi connectivity index (χ0) is 17.5. The Balaban J connectivity index is 1.53. The molecule has 5 aromatic rings. The number of nitrogens with one attached hydrogen (secondary N) is 1. The summed E-state index contributed by atoms with van der Waals surface area (Å²) in [5.74, 6) is 1.22. The van der Waals surface area contributed by atoms with Crippen molar-refractivity contribution in [2.45, 2.75) is 6.92 Å². The molecule has 0 bridgehead atoms. The average Bonchev–Trinajstić information content (AvgIpc) is 3.27. The van der Waals surface area contributed by atoms with Crippen LogP contribution in [0, 0.1) is 0 Å². The number of para-hydroxylation sites is 2. The van der Waals surface area contributed by atoms with E-state index in [0.717, 1.165) is 27.5 Å². The predicted molar refractivity (Wildman–Crippen MR) is 101 cm³/mol. The number of benzene rings is 2. The molecule has 0 saturated heterocycles. The van der Waals surface area contributed by atoms with Crippen LogP contribution in [0.1, 0.15) is 12.7 Å². The lowest BCUT2D eigenvalue weighted by atomic mass is 10.2. The van der Waals surface area contributed by atoms with Crippen molar-refractivity contribution in [1.82, 2.24) is 9.97 Å².